The summed E-state index contributed by atoms with van der Waals surface area (Å²) in [5.74, 6) is 0.179. The van der Waals surface area contributed by atoms with E-state index in [9.17, 15) is 9.59 Å². The molecule has 1 rings (SSSR count). The summed E-state index contributed by atoms with van der Waals surface area (Å²) in [6.45, 7) is 2.86. The highest BCUT2D eigenvalue weighted by molar-refractivity contribution is 5.87. The molecule has 0 aliphatic heterocycles. The lowest BCUT2D eigenvalue weighted by atomic mass is 10.3. The van der Waals surface area contributed by atoms with E-state index < -0.39 is 6.04 Å². The van der Waals surface area contributed by atoms with Crippen LogP contribution in [0.15, 0.2) is 30.3 Å². The molecule has 0 saturated carbocycles. The Bertz CT molecular complexity index is 451. The predicted molar refractivity (Wildman–Crippen MR) is 81.1 cm³/mol. The summed E-state index contributed by atoms with van der Waals surface area (Å²) in [5.41, 5.74) is 0. The lowest BCUT2D eigenvalue weighted by Crippen LogP contribution is -2.48. The van der Waals surface area contributed by atoms with Crippen LogP contribution in [0.25, 0.3) is 0 Å². The van der Waals surface area contributed by atoms with Crippen molar-refractivity contribution in [2.24, 2.45) is 0 Å². The van der Waals surface area contributed by atoms with Crippen LogP contribution in [0.4, 0.5) is 0 Å². The first-order valence-electron chi connectivity index (χ1n) is 6.91. The van der Waals surface area contributed by atoms with E-state index in [1.165, 1.54) is 0 Å². The molecule has 0 spiro atoms. The Balaban J connectivity index is 2.34. The van der Waals surface area contributed by atoms with Gasteiger partial charge in [-0.25, -0.2) is 0 Å². The molecule has 6 heteroatoms. The highest BCUT2D eigenvalue weighted by atomic mass is 16.5. The number of carbonyl (C=O) groups is 2. The van der Waals surface area contributed by atoms with E-state index in [1.54, 1.807) is 31.0 Å². The Morgan fingerprint density at radius 3 is 2.57 bits per heavy atom. The number of likely N-dealkylation sites (N-methyl/N-ethyl adjacent to an activating group) is 2. The molecule has 2 N–H and O–H groups in total. The van der Waals surface area contributed by atoms with Crippen LogP contribution >= 0.6 is 0 Å². The van der Waals surface area contributed by atoms with E-state index in [0.29, 0.717) is 18.8 Å². The van der Waals surface area contributed by atoms with Gasteiger partial charge in [-0.2, -0.15) is 0 Å². The van der Waals surface area contributed by atoms with Gasteiger partial charge >= 0.3 is 0 Å². The van der Waals surface area contributed by atoms with Gasteiger partial charge in [0.05, 0.1) is 0 Å². The van der Waals surface area contributed by atoms with Gasteiger partial charge in [0.15, 0.2) is 6.61 Å². The first-order chi connectivity index (χ1) is 10.0. The second-order valence-electron chi connectivity index (χ2n) is 4.75. The molecule has 2 amide bonds. The molecule has 21 heavy (non-hydrogen) atoms. The van der Waals surface area contributed by atoms with Gasteiger partial charge < -0.3 is 20.3 Å². The highest BCUT2D eigenvalue weighted by Gasteiger charge is 2.19. The molecule has 0 heterocycles. The molecule has 0 aliphatic carbocycles. The van der Waals surface area contributed by atoms with Gasteiger partial charge in [0.2, 0.25) is 5.91 Å². The molecule has 116 valence electrons. The maximum Gasteiger partial charge on any atom is 0.258 e. The van der Waals surface area contributed by atoms with E-state index >= 15 is 0 Å². The van der Waals surface area contributed by atoms with Crippen LogP contribution in [-0.4, -0.2) is 56.5 Å². The number of amides is 2. The molecule has 1 unspecified atom stereocenters. The van der Waals surface area contributed by atoms with E-state index in [4.69, 9.17) is 4.74 Å². The molecule has 0 bridgehead atoms. The van der Waals surface area contributed by atoms with Crippen molar-refractivity contribution in [2.45, 2.75) is 13.0 Å². The van der Waals surface area contributed by atoms with Crippen molar-refractivity contribution in [3.63, 3.8) is 0 Å². The molecule has 1 aromatic carbocycles. The molecule has 1 atom stereocenters. The molecule has 0 fully saturated rings. The third kappa shape index (κ3) is 6.27. The maximum atomic E-state index is 12.0. The van der Waals surface area contributed by atoms with Crippen LogP contribution < -0.4 is 15.4 Å². The van der Waals surface area contributed by atoms with Gasteiger partial charge in [-0.3, -0.25) is 9.59 Å². The number of benzene rings is 1. The Kier molecular flexibility index (Phi) is 7.25. The summed E-state index contributed by atoms with van der Waals surface area (Å²) in [6.07, 6.45) is 0. The van der Waals surface area contributed by atoms with Crippen molar-refractivity contribution in [1.29, 1.82) is 0 Å². The Labute approximate surface area is 125 Å². The molecule has 0 saturated heterocycles. The standard InChI is InChI=1S/C15H23N3O3/c1-12(15(20)18(3)10-9-16-2)17-14(19)11-21-13-7-5-4-6-8-13/h4-8,12,16H,9-11H2,1-3H3,(H,17,19). The third-order valence-corrected chi connectivity index (χ3v) is 2.93. The molecular formula is C15H23N3O3. The number of nitrogens with one attached hydrogen (secondary N) is 2. The monoisotopic (exact) mass is 293 g/mol. The quantitative estimate of drug-likeness (QED) is 0.721. The molecule has 1 aromatic rings. The summed E-state index contributed by atoms with van der Waals surface area (Å²) in [4.78, 5) is 25.3. The van der Waals surface area contributed by atoms with Gasteiger partial charge in [0.25, 0.3) is 5.91 Å². The van der Waals surface area contributed by atoms with Gasteiger partial charge in [-0.15, -0.1) is 0 Å². The topological polar surface area (TPSA) is 70.7 Å². The van der Waals surface area contributed by atoms with Crippen LogP contribution in [0, 0.1) is 0 Å². The number of ether oxygens (including phenoxy) is 1. The number of hydrogen-bond acceptors (Lipinski definition) is 4. The minimum atomic E-state index is -0.571. The summed E-state index contributed by atoms with van der Waals surface area (Å²) in [6, 6.07) is 8.50. The fourth-order valence-corrected chi connectivity index (χ4v) is 1.73. The zero-order valence-corrected chi connectivity index (χ0v) is 12.8. The van der Waals surface area contributed by atoms with Crippen LogP contribution in [0.3, 0.4) is 0 Å². The van der Waals surface area contributed by atoms with Crippen LogP contribution in [-0.2, 0) is 9.59 Å². The summed E-state index contributed by atoms with van der Waals surface area (Å²) < 4.78 is 5.33. The number of para-hydroxylation sites is 1. The first kappa shape index (κ1) is 17.0. The number of nitrogens with zero attached hydrogens (tertiary/aromatic N) is 1. The van der Waals surface area contributed by atoms with E-state index in [2.05, 4.69) is 10.6 Å². The van der Waals surface area contributed by atoms with E-state index in [0.717, 1.165) is 0 Å². The smallest absolute Gasteiger partial charge is 0.258 e. The van der Waals surface area contributed by atoms with Crippen molar-refractivity contribution < 1.29 is 14.3 Å². The third-order valence-electron chi connectivity index (χ3n) is 2.93. The fraction of sp³-hybridized carbons (Fsp3) is 0.467. The Morgan fingerprint density at radius 2 is 1.95 bits per heavy atom. The number of rotatable bonds is 8. The largest absolute Gasteiger partial charge is 0.484 e. The van der Waals surface area contributed by atoms with E-state index in [1.807, 2.05) is 25.2 Å². The zero-order chi connectivity index (χ0) is 15.7. The Hall–Kier alpha value is -2.08. The van der Waals surface area contributed by atoms with Gasteiger partial charge in [0.1, 0.15) is 11.8 Å². The fourth-order valence-electron chi connectivity index (χ4n) is 1.73. The number of carbonyl (C=O) groups excluding carboxylic acids is 2. The minimum Gasteiger partial charge on any atom is -0.484 e. The van der Waals surface area contributed by atoms with Crippen molar-refractivity contribution in [1.82, 2.24) is 15.5 Å². The zero-order valence-electron chi connectivity index (χ0n) is 12.8. The molecule has 0 radical (unpaired) electrons. The average Bonchev–Trinajstić information content (AvgIpc) is 2.50. The highest BCUT2D eigenvalue weighted by Crippen LogP contribution is 2.07. The van der Waals surface area contributed by atoms with Gasteiger partial charge in [-0.1, -0.05) is 18.2 Å². The van der Waals surface area contributed by atoms with Crippen molar-refractivity contribution in [3.05, 3.63) is 30.3 Å². The summed E-state index contributed by atoms with van der Waals surface area (Å²) in [5, 5.41) is 5.60. The molecule has 0 aliphatic rings. The second-order valence-corrected chi connectivity index (χ2v) is 4.75. The van der Waals surface area contributed by atoms with E-state index in [-0.39, 0.29) is 18.4 Å². The van der Waals surface area contributed by atoms with Crippen molar-refractivity contribution in [2.75, 3.05) is 33.8 Å². The van der Waals surface area contributed by atoms with Gasteiger partial charge in [0, 0.05) is 20.1 Å². The Morgan fingerprint density at radius 1 is 1.29 bits per heavy atom. The van der Waals surface area contributed by atoms with Crippen LogP contribution in [0.5, 0.6) is 5.75 Å². The van der Waals surface area contributed by atoms with Crippen LogP contribution in [0.2, 0.25) is 0 Å². The molecule has 6 nitrogen and oxygen atoms in total. The second kappa shape index (κ2) is 8.97. The van der Waals surface area contributed by atoms with Crippen molar-refractivity contribution >= 4 is 11.8 Å². The molecule has 0 aromatic heterocycles. The van der Waals surface area contributed by atoms with Crippen molar-refractivity contribution in [3.8, 4) is 5.75 Å². The maximum absolute atomic E-state index is 12.0. The minimum absolute atomic E-state index is 0.109. The van der Waals surface area contributed by atoms with Crippen LogP contribution in [0.1, 0.15) is 6.92 Å². The summed E-state index contributed by atoms with van der Waals surface area (Å²) >= 11 is 0. The summed E-state index contributed by atoms with van der Waals surface area (Å²) in [7, 11) is 3.53. The predicted octanol–water partition coefficient (Wildman–Crippen LogP) is 0.248. The first-order valence-corrected chi connectivity index (χ1v) is 6.91. The SMILES string of the molecule is CNCCN(C)C(=O)C(C)NC(=O)COc1ccccc1. The lowest BCUT2D eigenvalue weighted by molar-refractivity contribution is -0.135. The molecular weight excluding hydrogens is 270 g/mol. The lowest BCUT2D eigenvalue weighted by Gasteiger charge is -2.22. The number of hydrogen-bond donors (Lipinski definition) is 2. The average molecular weight is 293 g/mol. The normalized spacial score (nSPS) is 11.6. The van der Waals surface area contributed by atoms with Gasteiger partial charge in [-0.05, 0) is 26.1 Å².